The Balaban J connectivity index is 1.80. The maximum Gasteiger partial charge on any atom is 0.284 e. The molecule has 1 heterocycles. The molecular formula is C14H22N2O2. The Labute approximate surface area is 108 Å². The van der Waals surface area contributed by atoms with Crippen LogP contribution in [0.1, 0.15) is 61.3 Å². The molecule has 3 N–H and O–H groups in total. The van der Waals surface area contributed by atoms with E-state index in [1.165, 1.54) is 44.9 Å². The normalized spacial score (nSPS) is 18.2. The lowest BCUT2D eigenvalue weighted by molar-refractivity contribution is 0.0972. The van der Waals surface area contributed by atoms with E-state index in [1.54, 1.807) is 6.07 Å². The van der Waals surface area contributed by atoms with Gasteiger partial charge < -0.3 is 15.5 Å². The van der Waals surface area contributed by atoms with E-state index in [9.17, 15) is 4.79 Å². The molecule has 0 bridgehead atoms. The summed E-state index contributed by atoms with van der Waals surface area (Å²) in [7, 11) is 0. The number of furan rings is 1. The van der Waals surface area contributed by atoms with Crippen LogP contribution in [-0.2, 0) is 6.54 Å². The largest absolute Gasteiger partial charge is 0.455 e. The van der Waals surface area contributed by atoms with Crippen molar-refractivity contribution >= 4 is 5.91 Å². The first-order valence-corrected chi connectivity index (χ1v) is 6.87. The van der Waals surface area contributed by atoms with Crippen LogP contribution in [0.3, 0.4) is 0 Å². The third-order valence-corrected chi connectivity index (χ3v) is 3.57. The topological polar surface area (TPSA) is 68.3 Å². The standard InChI is InChI=1S/C14H22N2O2/c15-14(17)13-9-8-12(18-13)10-16-11-6-4-2-1-3-5-7-11/h8-9,11,16H,1-7,10H2,(H2,15,17). The van der Waals surface area contributed by atoms with Crippen LogP contribution in [0.25, 0.3) is 0 Å². The zero-order valence-electron chi connectivity index (χ0n) is 10.8. The van der Waals surface area contributed by atoms with Crippen molar-refractivity contribution in [2.75, 3.05) is 0 Å². The summed E-state index contributed by atoms with van der Waals surface area (Å²) < 4.78 is 5.36. The number of nitrogens with one attached hydrogen (secondary N) is 1. The van der Waals surface area contributed by atoms with E-state index < -0.39 is 5.91 Å². The Hall–Kier alpha value is -1.29. The van der Waals surface area contributed by atoms with Crippen LogP contribution in [0.5, 0.6) is 0 Å². The molecule has 0 aromatic carbocycles. The van der Waals surface area contributed by atoms with E-state index in [4.69, 9.17) is 10.2 Å². The van der Waals surface area contributed by atoms with Crippen molar-refractivity contribution in [2.45, 2.75) is 57.5 Å². The summed E-state index contributed by atoms with van der Waals surface area (Å²) >= 11 is 0. The molecule has 1 aliphatic carbocycles. The molecule has 4 nitrogen and oxygen atoms in total. The summed E-state index contributed by atoms with van der Waals surface area (Å²) in [6.07, 6.45) is 9.18. The molecule has 2 rings (SSSR count). The number of carbonyl (C=O) groups is 1. The number of hydrogen-bond acceptors (Lipinski definition) is 3. The van der Waals surface area contributed by atoms with E-state index in [1.807, 2.05) is 6.07 Å². The summed E-state index contributed by atoms with van der Waals surface area (Å²) in [6, 6.07) is 4.03. The summed E-state index contributed by atoms with van der Waals surface area (Å²) in [5.41, 5.74) is 5.15. The van der Waals surface area contributed by atoms with Gasteiger partial charge in [0, 0.05) is 6.04 Å². The monoisotopic (exact) mass is 250 g/mol. The van der Waals surface area contributed by atoms with Crippen LogP contribution in [-0.4, -0.2) is 11.9 Å². The third-order valence-electron chi connectivity index (χ3n) is 3.57. The van der Waals surface area contributed by atoms with E-state index in [-0.39, 0.29) is 5.76 Å². The zero-order chi connectivity index (χ0) is 12.8. The highest BCUT2D eigenvalue weighted by molar-refractivity contribution is 5.89. The number of amides is 1. The number of nitrogens with two attached hydrogens (primary N) is 1. The lowest BCUT2D eigenvalue weighted by Gasteiger charge is -2.20. The van der Waals surface area contributed by atoms with Gasteiger partial charge in [-0.1, -0.05) is 32.1 Å². The summed E-state index contributed by atoms with van der Waals surface area (Å²) in [4.78, 5) is 10.9. The minimum atomic E-state index is -0.507. The fourth-order valence-electron chi connectivity index (χ4n) is 2.51. The molecule has 0 saturated heterocycles. The minimum absolute atomic E-state index is 0.240. The zero-order valence-corrected chi connectivity index (χ0v) is 10.8. The highest BCUT2D eigenvalue weighted by atomic mass is 16.3. The van der Waals surface area contributed by atoms with E-state index in [2.05, 4.69) is 5.32 Å². The van der Waals surface area contributed by atoms with Gasteiger partial charge in [0.25, 0.3) is 5.91 Å². The van der Waals surface area contributed by atoms with Crippen LogP contribution in [0.15, 0.2) is 16.5 Å². The van der Waals surface area contributed by atoms with Crippen LogP contribution in [0.4, 0.5) is 0 Å². The van der Waals surface area contributed by atoms with Crippen molar-refractivity contribution in [3.05, 3.63) is 23.7 Å². The molecule has 1 aromatic rings. The molecule has 0 spiro atoms. The second-order valence-electron chi connectivity index (χ2n) is 5.05. The van der Waals surface area contributed by atoms with Crippen LogP contribution in [0.2, 0.25) is 0 Å². The van der Waals surface area contributed by atoms with Crippen molar-refractivity contribution in [1.29, 1.82) is 0 Å². The molecular weight excluding hydrogens is 228 g/mol. The van der Waals surface area contributed by atoms with Gasteiger partial charge in [0.05, 0.1) is 6.54 Å². The minimum Gasteiger partial charge on any atom is -0.455 e. The maximum atomic E-state index is 10.9. The molecule has 0 unspecified atom stereocenters. The number of primary amides is 1. The number of hydrogen-bond donors (Lipinski definition) is 2. The first-order chi connectivity index (χ1) is 8.75. The van der Waals surface area contributed by atoms with Crippen molar-refractivity contribution in [3.8, 4) is 0 Å². The first kappa shape index (κ1) is 13.1. The average Bonchev–Trinajstić information content (AvgIpc) is 2.76. The molecule has 0 atom stereocenters. The molecule has 0 aliphatic heterocycles. The second-order valence-corrected chi connectivity index (χ2v) is 5.05. The van der Waals surface area contributed by atoms with Crippen molar-refractivity contribution in [1.82, 2.24) is 5.32 Å². The van der Waals surface area contributed by atoms with Crippen molar-refractivity contribution in [2.24, 2.45) is 5.73 Å². The van der Waals surface area contributed by atoms with Crippen molar-refractivity contribution in [3.63, 3.8) is 0 Å². The molecule has 1 aliphatic rings. The highest BCUT2D eigenvalue weighted by Gasteiger charge is 2.12. The summed E-state index contributed by atoms with van der Waals surface area (Å²) in [5.74, 6) is 0.516. The molecule has 100 valence electrons. The van der Waals surface area contributed by atoms with Gasteiger partial charge in [0.2, 0.25) is 0 Å². The Morgan fingerprint density at radius 1 is 1.22 bits per heavy atom. The molecule has 1 fully saturated rings. The Morgan fingerprint density at radius 2 is 1.89 bits per heavy atom. The summed E-state index contributed by atoms with van der Waals surface area (Å²) in [6.45, 7) is 0.679. The third kappa shape index (κ3) is 3.88. The first-order valence-electron chi connectivity index (χ1n) is 6.87. The van der Waals surface area contributed by atoms with Crippen LogP contribution < -0.4 is 11.1 Å². The number of carbonyl (C=O) groups excluding carboxylic acids is 1. The Bertz CT molecular complexity index is 379. The van der Waals surface area contributed by atoms with Gasteiger partial charge in [-0.15, -0.1) is 0 Å². The Kier molecular flexibility index (Phi) is 4.81. The molecule has 18 heavy (non-hydrogen) atoms. The van der Waals surface area contributed by atoms with Gasteiger partial charge in [-0.05, 0) is 25.0 Å². The second kappa shape index (κ2) is 6.59. The summed E-state index contributed by atoms with van der Waals surface area (Å²) in [5, 5.41) is 3.51. The quantitative estimate of drug-likeness (QED) is 0.863. The lowest BCUT2D eigenvalue weighted by Crippen LogP contribution is -2.29. The fourth-order valence-corrected chi connectivity index (χ4v) is 2.51. The van der Waals surface area contributed by atoms with Gasteiger partial charge in [0.1, 0.15) is 5.76 Å². The van der Waals surface area contributed by atoms with Crippen molar-refractivity contribution < 1.29 is 9.21 Å². The van der Waals surface area contributed by atoms with Crippen LogP contribution in [0, 0.1) is 0 Å². The maximum absolute atomic E-state index is 10.9. The lowest BCUT2D eigenvalue weighted by atomic mass is 9.97. The highest BCUT2D eigenvalue weighted by Crippen LogP contribution is 2.17. The molecule has 1 aromatic heterocycles. The van der Waals surface area contributed by atoms with Gasteiger partial charge >= 0.3 is 0 Å². The smallest absolute Gasteiger partial charge is 0.284 e. The van der Waals surface area contributed by atoms with Crippen LogP contribution >= 0.6 is 0 Å². The Morgan fingerprint density at radius 3 is 2.50 bits per heavy atom. The van der Waals surface area contributed by atoms with Gasteiger partial charge in [-0.2, -0.15) is 0 Å². The predicted molar refractivity (Wildman–Crippen MR) is 70.2 cm³/mol. The number of rotatable bonds is 4. The van der Waals surface area contributed by atoms with E-state index >= 15 is 0 Å². The molecule has 0 radical (unpaired) electrons. The molecule has 1 amide bonds. The SMILES string of the molecule is NC(=O)c1ccc(CNC2CCCCCCC2)o1. The van der Waals surface area contributed by atoms with Gasteiger partial charge in [-0.3, -0.25) is 4.79 Å². The predicted octanol–water partition coefficient (Wildman–Crippen LogP) is 2.58. The van der Waals surface area contributed by atoms with Gasteiger partial charge in [0.15, 0.2) is 5.76 Å². The van der Waals surface area contributed by atoms with Gasteiger partial charge in [-0.25, -0.2) is 0 Å². The molecule has 4 heteroatoms. The van der Waals surface area contributed by atoms with E-state index in [0.717, 1.165) is 5.76 Å². The van der Waals surface area contributed by atoms with E-state index in [0.29, 0.717) is 12.6 Å². The molecule has 1 saturated carbocycles. The fraction of sp³-hybridized carbons (Fsp3) is 0.643. The average molecular weight is 250 g/mol.